The predicted octanol–water partition coefficient (Wildman–Crippen LogP) is 8.05. The number of unbranched alkanes of at least 4 members (excludes halogenated alkanes) is 1. The maximum atomic E-state index is 13.8. The van der Waals surface area contributed by atoms with Crippen LogP contribution in [0.4, 0.5) is 24.7 Å². The second-order valence-corrected chi connectivity index (χ2v) is 10.9. The molecule has 1 aliphatic heterocycles. The summed E-state index contributed by atoms with van der Waals surface area (Å²) in [5, 5.41) is 7.17. The minimum atomic E-state index is -4.40. The molecule has 3 aromatic rings. The number of hydrogen-bond acceptors (Lipinski definition) is 5. The molecule has 1 N–H and O–H groups in total. The second-order valence-electron chi connectivity index (χ2n) is 10.9. The van der Waals surface area contributed by atoms with E-state index >= 15 is 0 Å². The number of amidine groups is 1. The Balaban J connectivity index is 1.49. The Labute approximate surface area is 232 Å². The fourth-order valence-corrected chi connectivity index (χ4v) is 5.73. The first kappa shape index (κ1) is 27.9. The largest absolute Gasteiger partial charge is 0.393 e. The molecule has 212 valence electrons. The van der Waals surface area contributed by atoms with Crippen LogP contribution < -0.4 is 5.32 Å². The molecule has 9 heteroatoms. The molecular formula is C31H35F3N4O2. The number of nitrogens with one attached hydrogen (secondary N) is 1. The zero-order valence-electron chi connectivity index (χ0n) is 23.2. The van der Waals surface area contributed by atoms with E-state index in [1.807, 2.05) is 26.0 Å². The molecule has 1 saturated carbocycles. The van der Waals surface area contributed by atoms with Gasteiger partial charge in [-0.05, 0) is 55.9 Å². The number of carbonyl (C=O) groups is 1. The third-order valence-electron chi connectivity index (χ3n) is 8.01. The molecule has 1 spiro atoms. The number of aromatic nitrogens is 1. The predicted molar refractivity (Wildman–Crippen MR) is 150 cm³/mol. The Bertz CT molecular complexity index is 1420. The Morgan fingerprint density at radius 1 is 1.07 bits per heavy atom. The van der Waals surface area contributed by atoms with E-state index in [2.05, 4.69) is 17.4 Å². The van der Waals surface area contributed by atoms with Gasteiger partial charge < -0.3 is 9.84 Å². The number of nitrogens with zero attached hydrogens (tertiary/aromatic N) is 3. The lowest BCUT2D eigenvalue weighted by Crippen LogP contribution is -2.40. The van der Waals surface area contributed by atoms with Crippen molar-refractivity contribution < 1.29 is 22.5 Å². The minimum absolute atomic E-state index is 0.00943. The molecule has 2 aliphatic rings. The summed E-state index contributed by atoms with van der Waals surface area (Å²) >= 11 is 0. The Hall–Kier alpha value is -3.62. The van der Waals surface area contributed by atoms with Gasteiger partial charge in [0.05, 0.1) is 18.7 Å². The quantitative estimate of drug-likeness (QED) is 0.292. The lowest BCUT2D eigenvalue weighted by Gasteiger charge is -2.23. The molecule has 0 bridgehead atoms. The van der Waals surface area contributed by atoms with Crippen LogP contribution in [0.2, 0.25) is 0 Å². The van der Waals surface area contributed by atoms with Crippen molar-refractivity contribution in [1.29, 1.82) is 0 Å². The van der Waals surface area contributed by atoms with Crippen molar-refractivity contribution in [2.75, 3.05) is 5.32 Å². The third kappa shape index (κ3) is 5.64. The highest BCUT2D eigenvalue weighted by atomic mass is 19.4. The summed E-state index contributed by atoms with van der Waals surface area (Å²) in [7, 11) is 0. The number of amides is 1. The fourth-order valence-electron chi connectivity index (χ4n) is 5.73. The number of hydrogen-bond donors (Lipinski definition) is 1. The van der Waals surface area contributed by atoms with Crippen LogP contribution in [0.1, 0.15) is 74.3 Å². The van der Waals surface area contributed by atoms with Gasteiger partial charge in [0.2, 0.25) is 5.88 Å². The number of rotatable bonds is 9. The van der Waals surface area contributed by atoms with Crippen molar-refractivity contribution in [3.05, 3.63) is 64.8 Å². The van der Waals surface area contributed by atoms with Gasteiger partial charge in [-0.3, -0.25) is 14.7 Å². The maximum Gasteiger partial charge on any atom is 0.393 e. The van der Waals surface area contributed by atoms with Crippen LogP contribution >= 0.6 is 0 Å². The van der Waals surface area contributed by atoms with Gasteiger partial charge in [-0.25, -0.2) is 0 Å². The molecule has 2 aromatic carbocycles. The van der Waals surface area contributed by atoms with Crippen molar-refractivity contribution >= 4 is 23.3 Å². The van der Waals surface area contributed by atoms with E-state index in [4.69, 9.17) is 9.52 Å². The van der Waals surface area contributed by atoms with Crippen molar-refractivity contribution in [3.63, 3.8) is 0 Å². The highest BCUT2D eigenvalue weighted by Gasteiger charge is 2.49. The summed E-state index contributed by atoms with van der Waals surface area (Å²) in [6, 6.07) is 12.3. The van der Waals surface area contributed by atoms with Crippen molar-refractivity contribution in [2.45, 2.75) is 90.4 Å². The molecule has 1 fully saturated rings. The van der Waals surface area contributed by atoms with Crippen molar-refractivity contribution in [2.24, 2.45) is 4.99 Å². The highest BCUT2D eigenvalue weighted by molar-refractivity contribution is 6.08. The number of aryl methyl sites for hydroxylation is 1. The smallest absolute Gasteiger partial charge is 0.338 e. The number of carbonyl (C=O) groups excluding carboxylic acids is 1. The van der Waals surface area contributed by atoms with E-state index in [9.17, 15) is 18.0 Å². The van der Waals surface area contributed by atoms with E-state index < -0.39 is 18.1 Å². The van der Waals surface area contributed by atoms with Gasteiger partial charge in [0, 0.05) is 23.2 Å². The van der Waals surface area contributed by atoms with Crippen LogP contribution in [0.5, 0.6) is 0 Å². The van der Waals surface area contributed by atoms with Crippen molar-refractivity contribution in [1.82, 2.24) is 10.1 Å². The minimum Gasteiger partial charge on any atom is -0.338 e. The second kappa shape index (κ2) is 11.1. The SMILES string of the molecule is CCCCC1=NC2(CCCC2)C(=O)N1Cc1ccc(-c2ccccc2Nc2onc(C)c2C)c(CC(F)(F)F)c1. The fraction of sp³-hybridized carbons (Fsp3) is 0.452. The van der Waals surface area contributed by atoms with E-state index in [1.165, 1.54) is 0 Å². The Morgan fingerprint density at radius 2 is 1.82 bits per heavy atom. The average molecular weight is 553 g/mol. The van der Waals surface area contributed by atoms with Gasteiger partial charge in [-0.15, -0.1) is 0 Å². The van der Waals surface area contributed by atoms with Crippen LogP contribution in [-0.4, -0.2) is 33.5 Å². The van der Waals surface area contributed by atoms with Crippen LogP contribution in [0.25, 0.3) is 11.1 Å². The molecule has 2 heterocycles. The monoisotopic (exact) mass is 552 g/mol. The maximum absolute atomic E-state index is 13.8. The first-order valence-corrected chi connectivity index (χ1v) is 14.0. The molecule has 0 atom stereocenters. The van der Waals surface area contributed by atoms with E-state index in [0.717, 1.165) is 55.6 Å². The first-order chi connectivity index (χ1) is 19.1. The number of aliphatic imine (C=N–C) groups is 1. The van der Waals surface area contributed by atoms with Crippen LogP contribution in [0.15, 0.2) is 52.0 Å². The number of para-hydroxylation sites is 1. The van der Waals surface area contributed by atoms with Gasteiger partial charge in [-0.2, -0.15) is 13.2 Å². The molecule has 0 saturated heterocycles. The van der Waals surface area contributed by atoms with Gasteiger partial charge in [0.1, 0.15) is 11.4 Å². The summed E-state index contributed by atoms with van der Waals surface area (Å²) in [6.45, 7) is 6.00. The molecule has 0 radical (unpaired) electrons. The van der Waals surface area contributed by atoms with E-state index in [1.54, 1.807) is 35.2 Å². The summed E-state index contributed by atoms with van der Waals surface area (Å²) in [4.78, 5) is 20.2. The molecule has 5 rings (SSSR count). The summed E-state index contributed by atoms with van der Waals surface area (Å²) < 4.78 is 46.8. The Morgan fingerprint density at radius 3 is 2.50 bits per heavy atom. The Kier molecular flexibility index (Phi) is 7.75. The van der Waals surface area contributed by atoms with Crippen LogP contribution in [-0.2, 0) is 17.8 Å². The topological polar surface area (TPSA) is 70.7 Å². The number of benzene rings is 2. The van der Waals surface area contributed by atoms with Gasteiger partial charge >= 0.3 is 6.18 Å². The first-order valence-electron chi connectivity index (χ1n) is 14.0. The van der Waals surface area contributed by atoms with Crippen LogP contribution in [0, 0.1) is 13.8 Å². The number of alkyl halides is 3. The molecule has 6 nitrogen and oxygen atoms in total. The molecule has 40 heavy (non-hydrogen) atoms. The summed E-state index contributed by atoms with van der Waals surface area (Å²) in [5.41, 5.74) is 3.40. The normalized spacial score (nSPS) is 16.7. The molecule has 1 aliphatic carbocycles. The molecule has 0 unspecified atom stereocenters. The lowest BCUT2D eigenvalue weighted by molar-refractivity contribution is -0.131. The molecule has 1 amide bonds. The summed E-state index contributed by atoms with van der Waals surface area (Å²) in [6.07, 6.45) is 0.499. The summed E-state index contributed by atoms with van der Waals surface area (Å²) in [5.74, 6) is 1.21. The van der Waals surface area contributed by atoms with Gasteiger partial charge in [-0.1, -0.05) is 67.7 Å². The number of halogens is 3. The standard InChI is InChI=1S/C31H35F3N4O2/c1-4-5-12-27-36-30(15-8-9-16-30)29(39)38(27)19-22-13-14-24(23(17-22)18-31(32,33)34)25-10-6-7-11-26(25)35-28-20(2)21(3)37-40-28/h6-7,10-11,13-14,17,35H,4-5,8-9,12,15-16,18-19H2,1-3H3. The van der Waals surface area contributed by atoms with Gasteiger partial charge in [0.15, 0.2) is 0 Å². The highest BCUT2D eigenvalue weighted by Crippen LogP contribution is 2.41. The third-order valence-corrected chi connectivity index (χ3v) is 8.01. The molecular weight excluding hydrogens is 517 g/mol. The number of anilines is 2. The van der Waals surface area contributed by atoms with Crippen LogP contribution in [0.3, 0.4) is 0 Å². The zero-order chi connectivity index (χ0) is 28.5. The van der Waals surface area contributed by atoms with Crippen molar-refractivity contribution in [3.8, 4) is 11.1 Å². The van der Waals surface area contributed by atoms with E-state index in [0.29, 0.717) is 34.7 Å². The molecule has 1 aromatic heterocycles. The zero-order valence-corrected chi connectivity index (χ0v) is 23.2. The van der Waals surface area contributed by atoms with E-state index in [-0.39, 0.29) is 18.0 Å². The average Bonchev–Trinajstić information content (AvgIpc) is 3.58. The lowest BCUT2D eigenvalue weighted by atomic mass is 9.93. The van der Waals surface area contributed by atoms with Gasteiger partial charge in [0.25, 0.3) is 5.91 Å².